The number of para-hydroxylation sites is 2. The zero-order valence-corrected chi connectivity index (χ0v) is 17.2. The van der Waals surface area contributed by atoms with Crippen LogP contribution in [0.2, 0.25) is 10.0 Å². The standard InChI is InChI=1S/C19H21Cl2N3O2.ClH/c1-2-9-23-16-5-3-4-6-17(16)24(19(23)22)11-14(25)12-26-18-8-7-13(20)10-15(18)21;/h3-8,10,14,22,25H,2,9,11-12H2,1H3;1H. The number of rotatable bonds is 7. The van der Waals surface area contributed by atoms with E-state index in [1.165, 1.54) is 0 Å². The highest BCUT2D eigenvalue weighted by atomic mass is 35.5. The molecule has 0 spiro atoms. The van der Waals surface area contributed by atoms with Crippen LogP contribution in [-0.4, -0.2) is 27.0 Å². The topological polar surface area (TPSA) is 63.2 Å². The lowest BCUT2D eigenvalue weighted by Gasteiger charge is -2.14. The number of nitrogens with one attached hydrogen (secondary N) is 1. The van der Waals surface area contributed by atoms with Crippen molar-refractivity contribution in [1.29, 1.82) is 5.41 Å². The van der Waals surface area contributed by atoms with Crippen LogP contribution in [0.15, 0.2) is 42.5 Å². The van der Waals surface area contributed by atoms with E-state index in [1.54, 1.807) is 18.2 Å². The molecule has 2 N–H and O–H groups in total. The first-order chi connectivity index (χ1) is 12.5. The number of aliphatic hydroxyl groups excluding tert-OH is 1. The number of hydrogen-bond acceptors (Lipinski definition) is 3. The molecule has 0 saturated carbocycles. The number of ether oxygens (including phenoxy) is 1. The second-order valence-electron chi connectivity index (χ2n) is 6.11. The SMILES string of the molecule is CCCn1c(=N)n(CC(O)COc2ccc(Cl)cc2Cl)c2ccccc21.Cl. The molecule has 1 aromatic heterocycles. The Morgan fingerprint density at radius 3 is 2.41 bits per heavy atom. The van der Waals surface area contributed by atoms with Gasteiger partial charge in [0.15, 0.2) is 0 Å². The molecule has 0 aliphatic rings. The van der Waals surface area contributed by atoms with Crippen LogP contribution in [0.5, 0.6) is 5.75 Å². The average Bonchev–Trinajstić information content (AvgIpc) is 2.87. The molecule has 2 aromatic carbocycles. The lowest BCUT2D eigenvalue weighted by Crippen LogP contribution is -2.31. The van der Waals surface area contributed by atoms with Gasteiger partial charge in [0.25, 0.3) is 0 Å². The summed E-state index contributed by atoms with van der Waals surface area (Å²) in [6, 6.07) is 12.8. The third kappa shape index (κ3) is 4.79. The van der Waals surface area contributed by atoms with Crippen molar-refractivity contribution in [2.75, 3.05) is 6.61 Å². The molecule has 0 radical (unpaired) electrons. The first-order valence-electron chi connectivity index (χ1n) is 8.49. The van der Waals surface area contributed by atoms with E-state index in [1.807, 2.05) is 33.4 Å². The summed E-state index contributed by atoms with van der Waals surface area (Å²) in [4.78, 5) is 0. The second kappa shape index (κ2) is 9.51. The molecular formula is C19H22Cl3N3O2. The van der Waals surface area contributed by atoms with E-state index in [0.29, 0.717) is 21.4 Å². The van der Waals surface area contributed by atoms with Crippen LogP contribution in [0.1, 0.15) is 13.3 Å². The smallest absolute Gasteiger partial charge is 0.203 e. The number of imidazole rings is 1. The molecule has 0 bridgehead atoms. The third-order valence-electron chi connectivity index (χ3n) is 4.14. The summed E-state index contributed by atoms with van der Waals surface area (Å²) < 4.78 is 9.38. The summed E-state index contributed by atoms with van der Waals surface area (Å²) in [7, 11) is 0. The van der Waals surface area contributed by atoms with Gasteiger partial charge >= 0.3 is 0 Å². The van der Waals surface area contributed by atoms with Crippen LogP contribution >= 0.6 is 35.6 Å². The zero-order chi connectivity index (χ0) is 18.7. The number of nitrogens with zero attached hydrogens (tertiary/aromatic N) is 2. The van der Waals surface area contributed by atoms with E-state index >= 15 is 0 Å². The van der Waals surface area contributed by atoms with E-state index in [4.69, 9.17) is 33.3 Å². The highest BCUT2D eigenvalue weighted by molar-refractivity contribution is 6.35. The molecule has 146 valence electrons. The first-order valence-corrected chi connectivity index (χ1v) is 9.25. The number of hydrogen-bond donors (Lipinski definition) is 2. The van der Waals surface area contributed by atoms with E-state index in [2.05, 4.69) is 6.92 Å². The van der Waals surface area contributed by atoms with E-state index in [-0.39, 0.29) is 25.6 Å². The molecule has 0 aliphatic carbocycles. The van der Waals surface area contributed by atoms with Crippen molar-refractivity contribution in [3.63, 3.8) is 0 Å². The molecule has 0 amide bonds. The molecule has 5 nitrogen and oxygen atoms in total. The molecule has 1 heterocycles. The van der Waals surface area contributed by atoms with Gasteiger partial charge in [-0.15, -0.1) is 12.4 Å². The van der Waals surface area contributed by atoms with Gasteiger partial charge in [-0.3, -0.25) is 5.41 Å². The predicted octanol–water partition coefficient (Wildman–Crippen LogP) is 4.50. The highest BCUT2D eigenvalue weighted by Gasteiger charge is 2.14. The Balaban J connectivity index is 0.00000261. The average molecular weight is 431 g/mol. The van der Waals surface area contributed by atoms with Gasteiger partial charge in [-0.05, 0) is 36.8 Å². The Kier molecular flexibility index (Phi) is 7.62. The number of benzene rings is 2. The molecule has 3 rings (SSSR count). The zero-order valence-electron chi connectivity index (χ0n) is 14.9. The summed E-state index contributed by atoms with van der Waals surface area (Å²) in [6.07, 6.45) is 0.155. The van der Waals surface area contributed by atoms with Crippen molar-refractivity contribution < 1.29 is 9.84 Å². The lowest BCUT2D eigenvalue weighted by molar-refractivity contribution is 0.0921. The van der Waals surface area contributed by atoms with Gasteiger partial charge in [0.05, 0.1) is 22.6 Å². The van der Waals surface area contributed by atoms with Gasteiger partial charge in [0, 0.05) is 11.6 Å². The van der Waals surface area contributed by atoms with Crippen LogP contribution in [0.4, 0.5) is 0 Å². The van der Waals surface area contributed by atoms with Crippen molar-refractivity contribution in [2.45, 2.75) is 32.5 Å². The molecule has 27 heavy (non-hydrogen) atoms. The molecular weight excluding hydrogens is 409 g/mol. The molecule has 8 heteroatoms. The monoisotopic (exact) mass is 429 g/mol. The Morgan fingerprint density at radius 2 is 1.78 bits per heavy atom. The summed E-state index contributed by atoms with van der Waals surface area (Å²) in [5.41, 5.74) is 2.29. The molecule has 1 unspecified atom stereocenters. The molecule has 0 fully saturated rings. The minimum absolute atomic E-state index is 0. The quantitative estimate of drug-likeness (QED) is 0.579. The van der Waals surface area contributed by atoms with Crippen LogP contribution in [0.3, 0.4) is 0 Å². The Morgan fingerprint density at radius 1 is 1.11 bits per heavy atom. The number of aromatic nitrogens is 2. The Bertz CT molecular complexity index is 968. The number of aryl methyl sites for hydroxylation is 1. The van der Waals surface area contributed by atoms with Crippen LogP contribution in [0, 0.1) is 5.41 Å². The fourth-order valence-corrected chi connectivity index (χ4v) is 3.43. The van der Waals surface area contributed by atoms with Crippen molar-refractivity contribution in [3.05, 3.63) is 58.1 Å². The second-order valence-corrected chi connectivity index (χ2v) is 6.96. The van der Waals surface area contributed by atoms with Crippen LogP contribution < -0.4 is 10.4 Å². The first kappa shape index (κ1) is 21.6. The van der Waals surface area contributed by atoms with E-state index in [9.17, 15) is 5.11 Å². The van der Waals surface area contributed by atoms with Crippen molar-refractivity contribution >= 4 is 46.6 Å². The van der Waals surface area contributed by atoms with Crippen molar-refractivity contribution in [2.24, 2.45) is 0 Å². The summed E-state index contributed by atoms with van der Waals surface area (Å²) in [5, 5.41) is 19.8. The Labute approximate surface area is 174 Å². The minimum atomic E-state index is -0.781. The number of aliphatic hydroxyl groups is 1. The molecule has 1 atom stereocenters. The van der Waals surface area contributed by atoms with Crippen LogP contribution in [0.25, 0.3) is 11.0 Å². The predicted molar refractivity (Wildman–Crippen MR) is 111 cm³/mol. The number of fused-ring (bicyclic) bond motifs is 1. The summed E-state index contributed by atoms with van der Waals surface area (Å²) in [5.74, 6) is 0.472. The largest absolute Gasteiger partial charge is 0.489 e. The Hall–Kier alpha value is -1.66. The fourth-order valence-electron chi connectivity index (χ4n) is 2.97. The maximum absolute atomic E-state index is 10.4. The van der Waals surface area contributed by atoms with Gasteiger partial charge in [-0.1, -0.05) is 42.3 Å². The van der Waals surface area contributed by atoms with Gasteiger partial charge in [-0.2, -0.15) is 0 Å². The fraction of sp³-hybridized carbons (Fsp3) is 0.316. The van der Waals surface area contributed by atoms with Crippen LogP contribution in [-0.2, 0) is 13.1 Å². The minimum Gasteiger partial charge on any atom is -0.489 e. The lowest BCUT2D eigenvalue weighted by atomic mass is 10.3. The molecule has 3 aromatic rings. The normalized spacial score (nSPS) is 12.0. The maximum Gasteiger partial charge on any atom is 0.203 e. The summed E-state index contributed by atoms with van der Waals surface area (Å²) >= 11 is 12.0. The van der Waals surface area contributed by atoms with Gasteiger partial charge in [0.1, 0.15) is 18.5 Å². The molecule has 0 saturated heterocycles. The van der Waals surface area contributed by atoms with Crippen molar-refractivity contribution in [3.8, 4) is 5.75 Å². The van der Waals surface area contributed by atoms with E-state index < -0.39 is 6.10 Å². The third-order valence-corrected chi connectivity index (χ3v) is 4.67. The highest BCUT2D eigenvalue weighted by Crippen LogP contribution is 2.27. The maximum atomic E-state index is 10.4. The van der Waals surface area contributed by atoms with Gasteiger partial charge in [-0.25, -0.2) is 0 Å². The van der Waals surface area contributed by atoms with Crippen molar-refractivity contribution in [1.82, 2.24) is 9.13 Å². The van der Waals surface area contributed by atoms with Gasteiger partial charge < -0.3 is 19.0 Å². The molecule has 0 aliphatic heterocycles. The van der Waals surface area contributed by atoms with Gasteiger partial charge in [0.2, 0.25) is 5.62 Å². The van der Waals surface area contributed by atoms with E-state index in [0.717, 1.165) is 24.0 Å². The number of halogens is 3. The summed E-state index contributed by atoms with van der Waals surface area (Å²) in [6.45, 7) is 3.18.